The molecule has 0 heterocycles. The van der Waals surface area contributed by atoms with Crippen LogP contribution in [0.5, 0.6) is 0 Å². The molecule has 3 N–H and O–H groups in total. The molecule has 0 saturated carbocycles. The van der Waals surface area contributed by atoms with Crippen molar-refractivity contribution < 1.29 is 4.84 Å². The second-order valence-electron chi connectivity index (χ2n) is 1.52. The molecule has 0 bridgehead atoms. The van der Waals surface area contributed by atoms with E-state index in [-0.39, 0.29) is 0 Å². The van der Waals surface area contributed by atoms with Gasteiger partial charge in [-0.05, 0) is 6.92 Å². The van der Waals surface area contributed by atoms with E-state index < -0.39 is 0 Å². The normalized spacial score (nSPS) is 8.75. The average Bonchev–Trinajstić information content (AvgIpc) is 1.66. The quantitative estimate of drug-likeness (QED) is 0.401. The molecule has 48 valence electrons. The van der Waals surface area contributed by atoms with Gasteiger partial charge in [0.2, 0.25) is 0 Å². The van der Waals surface area contributed by atoms with Gasteiger partial charge < -0.3 is 5.73 Å². The lowest BCUT2D eigenvalue weighted by Crippen LogP contribution is -2.17. The van der Waals surface area contributed by atoms with E-state index in [2.05, 4.69) is 12.1 Å². The Labute approximate surface area is 49.5 Å². The Morgan fingerprint density at radius 2 is 2.50 bits per heavy atom. The van der Waals surface area contributed by atoms with Crippen molar-refractivity contribution in [2.24, 2.45) is 5.73 Å². The summed E-state index contributed by atoms with van der Waals surface area (Å²) in [6.07, 6.45) is 0. The summed E-state index contributed by atoms with van der Waals surface area (Å²) < 4.78 is 0. The summed E-state index contributed by atoms with van der Waals surface area (Å²) in [5.74, 6) is 0. The van der Waals surface area contributed by atoms with E-state index in [0.29, 0.717) is 13.2 Å². The molecule has 0 aromatic rings. The van der Waals surface area contributed by atoms with Gasteiger partial charge in [0.15, 0.2) is 0 Å². The molecule has 0 atom stereocenters. The Morgan fingerprint density at radius 3 is 2.88 bits per heavy atom. The fourth-order valence-corrected chi connectivity index (χ4v) is 0.233. The fourth-order valence-electron chi connectivity index (χ4n) is 0.233. The molecule has 0 spiro atoms. The molecule has 0 radical (unpaired) electrons. The van der Waals surface area contributed by atoms with Crippen molar-refractivity contribution in [3.63, 3.8) is 0 Å². The minimum Gasteiger partial charge on any atom is -0.328 e. The van der Waals surface area contributed by atoms with Crippen LogP contribution in [0, 0.1) is 0 Å². The number of nitrogens with two attached hydrogens (primary N) is 1. The maximum absolute atomic E-state index is 5.12. The zero-order valence-electron chi connectivity index (χ0n) is 5.11. The van der Waals surface area contributed by atoms with E-state index in [0.717, 1.165) is 5.70 Å². The Kier molecular flexibility index (Phi) is 4.30. The molecule has 0 fully saturated rings. The van der Waals surface area contributed by atoms with E-state index in [1.54, 1.807) is 0 Å². The molecule has 8 heavy (non-hydrogen) atoms. The number of hydrogen-bond acceptors (Lipinski definition) is 3. The van der Waals surface area contributed by atoms with E-state index in [9.17, 15) is 0 Å². The Morgan fingerprint density at radius 1 is 1.88 bits per heavy atom. The molecule has 3 heteroatoms. The van der Waals surface area contributed by atoms with Crippen LogP contribution in [0.3, 0.4) is 0 Å². The molecule has 0 amide bonds. The van der Waals surface area contributed by atoms with Crippen LogP contribution in [0.15, 0.2) is 12.3 Å². The van der Waals surface area contributed by atoms with Crippen LogP contribution < -0.4 is 11.2 Å². The van der Waals surface area contributed by atoms with E-state index in [4.69, 9.17) is 10.6 Å². The number of nitrogens with one attached hydrogen (secondary N) is 1. The molecule has 0 aromatic carbocycles. The van der Waals surface area contributed by atoms with Gasteiger partial charge in [-0.25, -0.2) is 0 Å². The molecule has 3 nitrogen and oxygen atoms in total. The predicted octanol–water partition coefficient (Wildman–Crippen LogP) is -0.0001000. The highest BCUT2D eigenvalue weighted by Crippen LogP contribution is 1.75. The summed E-state index contributed by atoms with van der Waals surface area (Å²) in [7, 11) is 0. The van der Waals surface area contributed by atoms with Crippen molar-refractivity contribution in [3.05, 3.63) is 12.3 Å². The van der Waals surface area contributed by atoms with Crippen LogP contribution >= 0.6 is 0 Å². The summed E-state index contributed by atoms with van der Waals surface area (Å²) in [5, 5.41) is 0. The monoisotopic (exact) mass is 116 g/mol. The van der Waals surface area contributed by atoms with Gasteiger partial charge >= 0.3 is 0 Å². The van der Waals surface area contributed by atoms with E-state index >= 15 is 0 Å². The first kappa shape index (κ1) is 7.46. The Bertz CT molecular complexity index is 72.8. The summed E-state index contributed by atoms with van der Waals surface area (Å²) in [4.78, 5) is 4.77. The molecular formula is C5H12N2O. The predicted molar refractivity (Wildman–Crippen MR) is 33.0 cm³/mol. The standard InChI is InChI=1S/C5H12N2O/c1-5(2)7-8-4-3-6/h7H,1,3-4,6H2,2H3. The molecule has 0 aliphatic rings. The summed E-state index contributed by atoms with van der Waals surface area (Å²) in [6.45, 7) is 6.41. The highest BCUT2D eigenvalue weighted by Gasteiger charge is 1.79. The smallest absolute Gasteiger partial charge is 0.0868 e. The first-order chi connectivity index (χ1) is 3.77. The maximum atomic E-state index is 5.12. The van der Waals surface area contributed by atoms with Gasteiger partial charge in [-0.2, -0.15) is 0 Å². The Hall–Kier alpha value is -0.540. The summed E-state index contributed by atoms with van der Waals surface area (Å²) in [6, 6.07) is 0. The lowest BCUT2D eigenvalue weighted by Gasteiger charge is -2.02. The molecule has 0 unspecified atom stereocenters. The van der Waals surface area contributed by atoms with Gasteiger partial charge in [0, 0.05) is 12.2 Å². The van der Waals surface area contributed by atoms with Gasteiger partial charge in [0.05, 0.1) is 6.61 Å². The van der Waals surface area contributed by atoms with Crippen LogP contribution in [-0.2, 0) is 4.84 Å². The molecule has 0 saturated heterocycles. The Balaban J connectivity index is 2.82. The van der Waals surface area contributed by atoms with Crippen molar-refractivity contribution in [1.29, 1.82) is 0 Å². The second kappa shape index (κ2) is 4.61. The lowest BCUT2D eigenvalue weighted by molar-refractivity contribution is 0.0694. The summed E-state index contributed by atoms with van der Waals surface area (Å²) >= 11 is 0. The first-order valence-corrected chi connectivity index (χ1v) is 2.50. The van der Waals surface area contributed by atoms with Crippen molar-refractivity contribution in [2.45, 2.75) is 6.92 Å². The maximum Gasteiger partial charge on any atom is 0.0868 e. The molecular weight excluding hydrogens is 104 g/mol. The number of rotatable bonds is 4. The molecule has 0 aliphatic carbocycles. The summed E-state index contributed by atoms with van der Waals surface area (Å²) in [5.41, 5.74) is 8.48. The largest absolute Gasteiger partial charge is 0.328 e. The van der Waals surface area contributed by atoms with Crippen LogP contribution in [-0.4, -0.2) is 13.2 Å². The van der Waals surface area contributed by atoms with Gasteiger partial charge in [0.25, 0.3) is 0 Å². The fraction of sp³-hybridized carbons (Fsp3) is 0.600. The van der Waals surface area contributed by atoms with Gasteiger partial charge in [-0.3, -0.25) is 10.3 Å². The van der Waals surface area contributed by atoms with E-state index in [1.807, 2.05) is 6.92 Å². The molecule has 0 aromatic heterocycles. The van der Waals surface area contributed by atoms with E-state index in [1.165, 1.54) is 0 Å². The van der Waals surface area contributed by atoms with Crippen LogP contribution in [0.1, 0.15) is 6.92 Å². The minimum atomic E-state index is 0.521. The van der Waals surface area contributed by atoms with Crippen molar-refractivity contribution in [1.82, 2.24) is 5.48 Å². The third-order valence-corrected chi connectivity index (χ3v) is 0.466. The number of allylic oxidation sites excluding steroid dienone is 1. The van der Waals surface area contributed by atoms with Crippen LogP contribution in [0.25, 0.3) is 0 Å². The van der Waals surface area contributed by atoms with Crippen molar-refractivity contribution in [2.75, 3.05) is 13.2 Å². The number of hydroxylamine groups is 1. The van der Waals surface area contributed by atoms with Crippen molar-refractivity contribution >= 4 is 0 Å². The van der Waals surface area contributed by atoms with Gasteiger partial charge in [-0.1, -0.05) is 6.58 Å². The topological polar surface area (TPSA) is 47.3 Å². The first-order valence-electron chi connectivity index (χ1n) is 2.50. The average molecular weight is 116 g/mol. The van der Waals surface area contributed by atoms with Crippen LogP contribution in [0.4, 0.5) is 0 Å². The third kappa shape index (κ3) is 5.46. The second-order valence-corrected chi connectivity index (χ2v) is 1.52. The SMILES string of the molecule is C=C(C)NOCCN. The highest BCUT2D eigenvalue weighted by molar-refractivity contribution is 4.79. The van der Waals surface area contributed by atoms with Gasteiger partial charge in [0.1, 0.15) is 0 Å². The minimum absolute atomic E-state index is 0.521. The lowest BCUT2D eigenvalue weighted by atomic mass is 10.6. The van der Waals surface area contributed by atoms with Crippen LogP contribution in [0.2, 0.25) is 0 Å². The third-order valence-electron chi connectivity index (χ3n) is 0.466. The molecule has 0 aliphatic heterocycles. The highest BCUT2D eigenvalue weighted by atomic mass is 16.6. The zero-order chi connectivity index (χ0) is 6.41. The van der Waals surface area contributed by atoms with Gasteiger partial charge in [-0.15, -0.1) is 0 Å². The molecule has 0 rings (SSSR count). The zero-order valence-corrected chi connectivity index (χ0v) is 5.11. The van der Waals surface area contributed by atoms with Crippen molar-refractivity contribution in [3.8, 4) is 0 Å². The number of hydrogen-bond donors (Lipinski definition) is 2.